The molecular weight excluding hydrogens is 178 g/mol. The van der Waals surface area contributed by atoms with Crippen molar-refractivity contribution in [3.8, 4) is 11.5 Å². The third-order valence-electron chi connectivity index (χ3n) is 2.18. The predicted octanol–water partition coefficient (Wildman–Crippen LogP) is 1.45. The maximum atomic E-state index is 5.56. The van der Waals surface area contributed by atoms with Gasteiger partial charge in [-0.25, -0.2) is 0 Å². The summed E-state index contributed by atoms with van der Waals surface area (Å²) in [6, 6.07) is 5.78. The SMILES string of the molecule is Cc1ccc(-c2cc(CN)n(C)n2)o1. The normalized spacial score (nSPS) is 10.8. The number of furan rings is 1. The zero-order chi connectivity index (χ0) is 10.1. The van der Waals surface area contributed by atoms with E-state index in [9.17, 15) is 0 Å². The van der Waals surface area contributed by atoms with Crippen molar-refractivity contribution in [2.45, 2.75) is 13.5 Å². The highest BCUT2D eigenvalue weighted by Crippen LogP contribution is 2.20. The van der Waals surface area contributed by atoms with Crippen LogP contribution in [0.4, 0.5) is 0 Å². The lowest BCUT2D eigenvalue weighted by Gasteiger charge is -1.93. The van der Waals surface area contributed by atoms with E-state index in [4.69, 9.17) is 10.2 Å². The summed E-state index contributed by atoms with van der Waals surface area (Å²) in [6.45, 7) is 2.40. The first-order chi connectivity index (χ1) is 6.70. The smallest absolute Gasteiger partial charge is 0.154 e. The highest BCUT2D eigenvalue weighted by molar-refractivity contribution is 5.52. The number of nitrogens with zero attached hydrogens (tertiary/aromatic N) is 2. The van der Waals surface area contributed by atoms with E-state index in [2.05, 4.69) is 5.10 Å². The Morgan fingerprint density at radius 1 is 1.50 bits per heavy atom. The second-order valence-corrected chi connectivity index (χ2v) is 3.26. The summed E-state index contributed by atoms with van der Waals surface area (Å²) in [7, 11) is 1.88. The fourth-order valence-electron chi connectivity index (χ4n) is 1.39. The molecule has 0 atom stereocenters. The van der Waals surface area contributed by atoms with Crippen LogP contribution in [0.3, 0.4) is 0 Å². The number of hydrogen-bond donors (Lipinski definition) is 1. The van der Waals surface area contributed by atoms with E-state index in [0.29, 0.717) is 6.54 Å². The molecule has 2 aromatic heterocycles. The van der Waals surface area contributed by atoms with Crippen molar-refractivity contribution < 1.29 is 4.42 Å². The van der Waals surface area contributed by atoms with E-state index >= 15 is 0 Å². The molecule has 0 saturated heterocycles. The quantitative estimate of drug-likeness (QED) is 0.781. The molecule has 0 aliphatic carbocycles. The Bertz CT molecular complexity index is 442. The molecule has 0 amide bonds. The molecule has 2 aromatic rings. The zero-order valence-corrected chi connectivity index (χ0v) is 8.32. The molecule has 0 unspecified atom stereocenters. The molecule has 4 nitrogen and oxygen atoms in total. The Morgan fingerprint density at radius 3 is 2.79 bits per heavy atom. The molecule has 0 aliphatic rings. The fraction of sp³-hybridized carbons (Fsp3) is 0.300. The summed E-state index contributed by atoms with van der Waals surface area (Å²) in [5.41, 5.74) is 7.38. The summed E-state index contributed by atoms with van der Waals surface area (Å²) in [5.74, 6) is 1.68. The van der Waals surface area contributed by atoms with Crippen molar-refractivity contribution in [3.63, 3.8) is 0 Å². The average Bonchev–Trinajstić information content (AvgIpc) is 2.71. The predicted molar refractivity (Wildman–Crippen MR) is 53.5 cm³/mol. The molecule has 0 bridgehead atoms. The largest absolute Gasteiger partial charge is 0.460 e. The van der Waals surface area contributed by atoms with E-state index in [1.807, 2.05) is 32.2 Å². The molecule has 0 aromatic carbocycles. The van der Waals surface area contributed by atoms with Gasteiger partial charge >= 0.3 is 0 Å². The minimum absolute atomic E-state index is 0.489. The first kappa shape index (κ1) is 9.02. The first-order valence-electron chi connectivity index (χ1n) is 4.50. The summed E-state index contributed by atoms with van der Waals surface area (Å²) in [5, 5.41) is 4.31. The summed E-state index contributed by atoms with van der Waals surface area (Å²) in [6.07, 6.45) is 0. The molecule has 2 heterocycles. The monoisotopic (exact) mass is 191 g/mol. The number of aryl methyl sites for hydroxylation is 2. The van der Waals surface area contributed by atoms with Crippen LogP contribution in [0.5, 0.6) is 0 Å². The van der Waals surface area contributed by atoms with E-state index in [1.54, 1.807) is 4.68 Å². The van der Waals surface area contributed by atoms with Gasteiger partial charge in [-0.1, -0.05) is 0 Å². The van der Waals surface area contributed by atoms with Crippen molar-refractivity contribution in [2.75, 3.05) is 0 Å². The lowest BCUT2D eigenvalue weighted by atomic mass is 10.3. The molecule has 2 N–H and O–H groups in total. The Labute approximate surface area is 82.3 Å². The summed E-state index contributed by atoms with van der Waals surface area (Å²) >= 11 is 0. The minimum atomic E-state index is 0.489. The Balaban J connectivity index is 2.42. The van der Waals surface area contributed by atoms with E-state index in [1.165, 1.54) is 0 Å². The molecule has 74 valence electrons. The molecule has 4 heteroatoms. The second-order valence-electron chi connectivity index (χ2n) is 3.26. The standard InChI is InChI=1S/C10H13N3O/c1-7-3-4-10(14-7)9-5-8(6-11)13(2)12-9/h3-5H,6,11H2,1-2H3. The van der Waals surface area contributed by atoms with Crippen molar-refractivity contribution in [3.05, 3.63) is 29.7 Å². The zero-order valence-electron chi connectivity index (χ0n) is 8.32. The van der Waals surface area contributed by atoms with Crippen LogP contribution >= 0.6 is 0 Å². The average molecular weight is 191 g/mol. The summed E-state index contributed by atoms with van der Waals surface area (Å²) < 4.78 is 7.24. The first-order valence-corrected chi connectivity index (χ1v) is 4.50. The molecular formula is C10H13N3O. The van der Waals surface area contributed by atoms with E-state index in [0.717, 1.165) is 22.9 Å². The molecule has 14 heavy (non-hydrogen) atoms. The molecule has 0 aliphatic heterocycles. The van der Waals surface area contributed by atoms with Crippen LogP contribution in [0.25, 0.3) is 11.5 Å². The van der Waals surface area contributed by atoms with Gasteiger partial charge in [-0.05, 0) is 25.1 Å². The third-order valence-corrected chi connectivity index (χ3v) is 2.18. The van der Waals surface area contributed by atoms with Gasteiger partial charge in [-0.3, -0.25) is 4.68 Å². The van der Waals surface area contributed by atoms with E-state index in [-0.39, 0.29) is 0 Å². The summed E-state index contributed by atoms with van der Waals surface area (Å²) in [4.78, 5) is 0. The Kier molecular flexibility index (Phi) is 2.13. The topological polar surface area (TPSA) is 57.0 Å². The van der Waals surface area contributed by atoms with Crippen LogP contribution < -0.4 is 5.73 Å². The Morgan fingerprint density at radius 2 is 2.29 bits per heavy atom. The van der Waals surface area contributed by atoms with Gasteiger partial charge < -0.3 is 10.2 Å². The van der Waals surface area contributed by atoms with Gasteiger partial charge in [0.1, 0.15) is 11.5 Å². The van der Waals surface area contributed by atoms with Crippen LogP contribution in [-0.4, -0.2) is 9.78 Å². The number of hydrogen-bond acceptors (Lipinski definition) is 3. The second kappa shape index (κ2) is 3.31. The van der Waals surface area contributed by atoms with Gasteiger partial charge in [0.2, 0.25) is 0 Å². The molecule has 2 rings (SSSR count). The van der Waals surface area contributed by atoms with Crippen molar-refractivity contribution in [1.82, 2.24) is 9.78 Å². The van der Waals surface area contributed by atoms with Crippen LogP contribution in [0.15, 0.2) is 22.6 Å². The Hall–Kier alpha value is -1.55. The third kappa shape index (κ3) is 1.44. The fourth-order valence-corrected chi connectivity index (χ4v) is 1.39. The van der Waals surface area contributed by atoms with Crippen LogP contribution in [0.1, 0.15) is 11.5 Å². The molecule has 0 spiro atoms. The van der Waals surface area contributed by atoms with Gasteiger partial charge in [-0.15, -0.1) is 0 Å². The minimum Gasteiger partial charge on any atom is -0.460 e. The molecule has 0 fully saturated rings. The van der Waals surface area contributed by atoms with Crippen molar-refractivity contribution in [2.24, 2.45) is 12.8 Å². The van der Waals surface area contributed by atoms with E-state index < -0.39 is 0 Å². The van der Waals surface area contributed by atoms with Crippen molar-refractivity contribution in [1.29, 1.82) is 0 Å². The van der Waals surface area contributed by atoms with Gasteiger partial charge in [0.25, 0.3) is 0 Å². The molecule has 0 saturated carbocycles. The van der Waals surface area contributed by atoms with Crippen LogP contribution in [-0.2, 0) is 13.6 Å². The lowest BCUT2D eigenvalue weighted by molar-refractivity contribution is 0.545. The number of aromatic nitrogens is 2. The lowest BCUT2D eigenvalue weighted by Crippen LogP contribution is -2.03. The number of rotatable bonds is 2. The maximum Gasteiger partial charge on any atom is 0.154 e. The van der Waals surface area contributed by atoms with Gasteiger partial charge in [0, 0.05) is 13.6 Å². The van der Waals surface area contributed by atoms with Crippen LogP contribution in [0.2, 0.25) is 0 Å². The number of nitrogens with two attached hydrogens (primary N) is 1. The van der Waals surface area contributed by atoms with Crippen molar-refractivity contribution >= 4 is 0 Å². The highest BCUT2D eigenvalue weighted by Gasteiger charge is 2.08. The molecule has 0 radical (unpaired) electrons. The van der Waals surface area contributed by atoms with Gasteiger partial charge in [0.15, 0.2) is 5.76 Å². The maximum absolute atomic E-state index is 5.56. The highest BCUT2D eigenvalue weighted by atomic mass is 16.3. The van der Waals surface area contributed by atoms with Crippen LogP contribution in [0, 0.1) is 6.92 Å². The van der Waals surface area contributed by atoms with Gasteiger partial charge in [-0.2, -0.15) is 5.10 Å². The van der Waals surface area contributed by atoms with Gasteiger partial charge in [0.05, 0.1) is 5.69 Å².